The molecule has 0 radical (unpaired) electrons. The average molecular weight is 201 g/mol. The number of thioether (sulfide) groups is 1. The molecule has 5 nitrogen and oxygen atoms in total. The van der Waals surface area contributed by atoms with Gasteiger partial charge in [-0.05, 0) is 13.8 Å². The highest BCUT2D eigenvalue weighted by molar-refractivity contribution is 8.00. The number of carbonyl (C=O) groups excluding carboxylic acids is 1. The Kier molecular flexibility index (Phi) is 2.92. The molecule has 1 atom stereocenters. The van der Waals surface area contributed by atoms with Crippen LogP contribution < -0.4 is 5.69 Å². The minimum Gasteiger partial charge on any atom is -0.299 e. The molecule has 0 spiro atoms. The summed E-state index contributed by atoms with van der Waals surface area (Å²) in [7, 11) is 1.61. The third kappa shape index (κ3) is 2.21. The fourth-order valence-corrected chi connectivity index (χ4v) is 1.50. The molecular formula is C7H11N3O2S. The van der Waals surface area contributed by atoms with Crippen molar-refractivity contribution in [2.45, 2.75) is 24.3 Å². The fourth-order valence-electron chi connectivity index (χ4n) is 0.679. The van der Waals surface area contributed by atoms with Crippen LogP contribution in [0.3, 0.4) is 0 Å². The maximum Gasteiger partial charge on any atom is 0.343 e. The lowest BCUT2D eigenvalue weighted by Crippen LogP contribution is -2.15. The summed E-state index contributed by atoms with van der Waals surface area (Å²) in [5, 5.41) is 6.44. The number of rotatable bonds is 3. The van der Waals surface area contributed by atoms with Crippen LogP contribution in [-0.4, -0.2) is 25.8 Å². The van der Waals surface area contributed by atoms with Gasteiger partial charge in [-0.25, -0.2) is 9.89 Å². The molecule has 0 amide bonds. The summed E-state index contributed by atoms with van der Waals surface area (Å²) in [6, 6.07) is 0. The standard InChI is InChI=1S/C7H11N3O2S/c1-4(11)5(2)13-7-9-8-6(12)10(7)3/h5H,1-3H3,(H,8,12). The predicted molar refractivity (Wildman–Crippen MR) is 49.8 cm³/mol. The predicted octanol–water partition coefficient (Wildman–Crippen LogP) is 0.178. The number of hydrogen-bond acceptors (Lipinski definition) is 4. The van der Waals surface area contributed by atoms with Crippen LogP contribution in [-0.2, 0) is 11.8 Å². The van der Waals surface area contributed by atoms with Gasteiger partial charge in [0, 0.05) is 7.05 Å². The van der Waals surface area contributed by atoms with Crippen LogP contribution in [0.2, 0.25) is 0 Å². The minimum absolute atomic E-state index is 0.0699. The van der Waals surface area contributed by atoms with Crippen LogP contribution in [0.15, 0.2) is 9.95 Å². The SMILES string of the molecule is CC(=O)C(C)Sc1n[nH]c(=O)n1C. The Morgan fingerprint density at radius 1 is 1.69 bits per heavy atom. The first-order chi connectivity index (χ1) is 6.02. The van der Waals surface area contributed by atoms with Gasteiger partial charge in [0.2, 0.25) is 0 Å². The summed E-state index contributed by atoms with van der Waals surface area (Å²) < 4.78 is 1.38. The number of hydrogen-bond donors (Lipinski definition) is 1. The number of carbonyl (C=O) groups is 1. The Labute approximate surface area is 79.5 Å². The third-order valence-corrected chi connectivity index (χ3v) is 2.95. The molecule has 1 aromatic heterocycles. The van der Waals surface area contributed by atoms with Gasteiger partial charge in [0.1, 0.15) is 5.78 Å². The first kappa shape index (κ1) is 10.0. The van der Waals surface area contributed by atoms with Crippen molar-refractivity contribution in [2.75, 3.05) is 0 Å². The monoisotopic (exact) mass is 201 g/mol. The first-order valence-electron chi connectivity index (χ1n) is 3.81. The van der Waals surface area contributed by atoms with Crippen molar-refractivity contribution in [1.82, 2.24) is 14.8 Å². The molecule has 0 saturated carbocycles. The molecule has 0 aliphatic heterocycles. The zero-order chi connectivity index (χ0) is 10.0. The highest BCUT2D eigenvalue weighted by atomic mass is 32.2. The summed E-state index contributed by atoms with van der Waals surface area (Å²) in [6.45, 7) is 3.30. The zero-order valence-corrected chi connectivity index (χ0v) is 8.51. The minimum atomic E-state index is -0.266. The molecule has 0 aromatic carbocycles. The van der Waals surface area contributed by atoms with Crippen LogP contribution in [0.25, 0.3) is 0 Å². The van der Waals surface area contributed by atoms with E-state index in [9.17, 15) is 9.59 Å². The summed E-state index contributed by atoms with van der Waals surface area (Å²) in [4.78, 5) is 21.9. The van der Waals surface area contributed by atoms with Gasteiger partial charge in [-0.15, -0.1) is 5.10 Å². The van der Waals surface area contributed by atoms with Crippen molar-refractivity contribution >= 4 is 17.5 Å². The molecule has 1 aromatic rings. The number of Topliss-reactive ketones (excluding diaryl/α,β-unsaturated/α-hetero) is 1. The van der Waals surface area contributed by atoms with Crippen LogP contribution in [0.5, 0.6) is 0 Å². The quantitative estimate of drug-likeness (QED) is 0.708. The highest BCUT2D eigenvalue weighted by Gasteiger charge is 2.13. The second-order valence-corrected chi connectivity index (χ2v) is 4.05. The lowest BCUT2D eigenvalue weighted by molar-refractivity contribution is -0.116. The summed E-state index contributed by atoms with van der Waals surface area (Å²) >= 11 is 1.27. The van der Waals surface area contributed by atoms with E-state index in [0.29, 0.717) is 5.16 Å². The van der Waals surface area contributed by atoms with E-state index in [1.54, 1.807) is 14.0 Å². The molecule has 0 aliphatic carbocycles. The molecule has 0 bridgehead atoms. The maximum absolute atomic E-state index is 10.9. The molecule has 0 aliphatic rings. The third-order valence-electron chi connectivity index (χ3n) is 1.69. The second-order valence-electron chi connectivity index (χ2n) is 2.74. The molecule has 1 unspecified atom stereocenters. The van der Waals surface area contributed by atoms with Crippen molar-refractivity contribution in [1.29, 1.82) is 0 Å². The van der Waals surface area contributed by atoms with E-state index in [-0.39, 0.29) is 16.7 Å². The highest BCUT2D eigenvalue weighted by Crippen LogP contribution is 2.19. The van der Waals surface area contributed by atoms with Gasteiger partial charge >= 0.3 is 5.69 Å². The molecule has 1 rings (SSSR count). The van der Waals surface area contributed by atoms with E-state index < -0.39 is 0 Å². The number of ketones is 1. The van der Waals surface area contributed by atoms with Gasteiger partial charge in [-0.2, -0.15) is 0 Å². The van der Waals surface area contributed by atoms with E-state index in [4.69, 9.17) is 0 Å². The van der Waals surface area contributed by atoms with E-state index in [2.05, 4.69) is 10.2 Å². The molecule has 0 fully saturated rings. The average Bonchev–Trinajstić information content (AvgIpc) is 2.36. The van der Waals surface area contributed by atoms with Gasteiger partial charge in [-0.1, -0.05) is 11.8 Å². The molecule has 1 N–H and O–H groups in total. The van der Waals surface area contributed by atoms with E-state index >= 15 is 0 Å². The summed E-state index contributed by atoms with van der Waals surface area (Å²) in [6.07, 6.45) is 0. The lowest BCUT2D eigenvalue weighted by Gasteiger charge is -2.04. The van der Waals surface area contributed by atoms with Gasteiger partial charge in [0.05, 0.1) is 5.25 Å². The number of aromatic nitrogens is 3. The second kappa shape index (κ2) is 3.78. The molecule has 72 valence electrons. The van der Waals surface area contributed by atoms with Crippen LogP contribution in [0.1, 0.15) is 13.8 Å². The number of H-pyrrole nitrogens is 1. The Morgan fingerprint density at radius 2 is 2.31 bits per heavy atom. The topological polar surface area (TPSA) is 67.8 Å². The smallest absolute Gasteiger partial charge is 0.299 e. The molecule has 1 heterocycles. The Balaban J connectivity index is 2.80. The Hall–Kier alpha value is -1.04. The number of aromatic amines is 1. The van der Waals surface area contributed by atoms with Gasteiger partial charge in [0.25, 0.3) is 0 Å². The largest absolute Gasteiger partial charge is 0.343 e. The fraction of sp³-hybridized carbons (Fsp3) is 0.571. The Morgan fingerprint density at radius 3 is 2.69 bits per heavy atom. The molecular weight excluding hydrogens is 190 g/mol. The Bertz CT molecular complexity index is 368. The van der Waals surface area contributed by atoms with E-state index in [1.165, 1.54) is 23.3 Å². The van der Waals surface area contributed by atoms with Crippen molar-refractivity contribution in [3.05, 3.63) is 10.5 Å². The summed E-state index contributed by atoms with van der Waals surface area (Å²) in [5.41, 5.74) is -0.266. The van der Waals surface area contributed by atoms with Crippen LogP contribution in [0.4, 0.5) is 0 Å². The van der Waals surface area contributed by atoms with Gasteiger partial charge < -0.3 is 0 Å². The molecule has 6 heteroatoms. The van der Waals surface area contributed by atoms with E-state index in [0.717, 1.165) is 0 Å². The van der Waals surface area contributed by atoms with E-state index in [1.807, 2.05) is 0 Å². The van der Waals surface area contributed by atoms with Crippen molar-refractivity contribution in [2.24, 2.45) is 7.05 Å². The van der Waals surface area contributed by atoms with Crippen molar-refractivity contribution in [3.63, 3.8) is 0 Å². The van der Waals surface area contributed by atoms with Gasteiger partial charge in [-0.3, -0.25) is 9.36 Å². The first-order valence-corrected chi connectivity index (χ1v) is 4.69. The van der Waals surface area contributed by atoms with Crippen LogP contribution in [0, 0.1) is 0 Å². The molecule has 0 saturated heterocycles. The number of nitrogens with one attached hydrogen (secondary N) is 1. The zero-order valence-electron chi connectivity index (χ0n) is 7.70. The van der Waals surface area contributed by atoms with Crippen LogP contribution >= 0.6 is 11.8 Å². The van der Waals surface area contributed by atoms with Gasteiger partial charge in [0.15, 0.2) is 5.16 Å². The van der Waals surface area contributed by atoms with Crippen molar-refractivity contribution < 1.29 is 4.79 Å². The lowest BCUT2D eigenvalue weighted by atomic mass is 10.3. The van der Waals surface area contributed by atoms with Crippen molar-refractivity contribution in [3.8, 4) is 0 Å². The summed E-state index contributed by atoms with van der Waals surface area (Å²) in [5.74, 6) is 0.0699. The maximum atomic E-state index is 10.9. The molecule has 13 heavy (non-hydrogen) atoms. The number of nitrogens with zero attached hydrogens (tertiary/aromatic N) is 2. The normalized spacial score (nSPS) is 12.8.